The van der Waals surface area contributed by atoms with Crippen LogP contribution in [0.2, 0.25) is 0 Å². The third-order valence-corrected chi connectivity index (χ3v) is 2.73. The molecule has 7 nitrogen and oxygen atoms in total. The number of aromatic amines is 1. The number of para-hydroxylation sites is 1. The maximum absolute atomic E-state index is 10.0. The number of aromatic hydroxyl groups is 1. The molecule has 0 aliphatic rings. The summed E-state index contributed by atoms with van der Waals surface area (Å²) in [4.78, 5) is 0. The SMILES string of the molecule is CCOc1cccc(CNC(C)c2nn[nH]n2)c1O. The van der Waals surface area contributed by atoms with E-state index in [0.29, 0.717) is 24.7 Å². The van der Waals surface area contributed by atoms with Gasteiger partial charge in [0.1, 0.15) is 0 Å². The van der Waals surface area contributed by atoms with Crippen molar-refractivity contribution in [2.24, 2.45) is 0 Å². The number of nitrogens with one attached hydrogen (secondary N) is 2. The fourth-order valence-corrected chi connectivity index (χ4v) is 1.69. The van der Waals surface area contributed by atoms with Crippen LogP contribution in [0.3, 0.4) is 0 Å². The van der Waals surface area contributed by atoms with Crippen LogP contribution < -0.4 is 10.1 Å². The van der Waals surface area contributed by atoms with Crippen molar-refractivity contribution in [1.29, 1.82) is 0 Å². The van der Waals surface area contributed by atoms with Crippen molar-refractivity contribution in [2.75, 3.05) is 6.61 Å². The number of hydrogen-bond donors (Lipinski definition) is 3. The van der Waals surface area contributed by atoms with Gasteiger partial charge in [-0.25, -0.2) is 0 Å². The molecule has 0 saturated carbocycles. The van der Waals surface area contributed by atoms with Gasteiger partial charge in [-0.05, 0) is 19.9 Å². The molecular formula is C12H17N5O2. The van der Waals surface area contributed by atoms with Gasteiger partial charge >= 0.3 is 0 Å². The van der Waals surface area contributed by atoms with Crippen LogP contribution in [0, 0.1) is 0 Å². The van der Waals surface area contributed by atoms with Gasteiger partial charge in [0, 0.05) is 12.1 Å². The minimum Gasteiger partial charge on any atom is -0.504 e. The van der Waals surface area contributed by atoms with Crippen LogP contribution in [-0.2, 0) is 6.54 Å². The monoisotopic (exact) mass is 263 g/mol. The average Bonchev–Trinajstić information content (AvgIpc) is 2.94. The van der Waals surface area contributed by atoms with E-state index in [1.54, 1.807) is 6.07 Å². The van der Waals surface area contributed by atoms with Gasteiger partial charge in [-0.15, -0.1) is 10.2 Å². The minimum absolute atomic E-state index is 0.0612. The smallest absolute Gasteiger partial charge is 0.191 e. The zero-order chi connectivity index (χ0) is 13.7. The number of phenolic OH excluding ortho intramolecular Hbond substituents is 1. The lowest BCUT2D eigenvalue weighted by molar-refractivity contribution is 0.316. The van der Waals surface area contributed by atoms with Crippen LogP contribution in [0.1, 0.15) is 31.3 Å². The molecule has 0 aliphatic heterocycles. The van der Waals surface area contributed by atoms with Crippen molar-refractivity contribution in [3.05, 3.63) is 29.6 Å². The quantitative estimate of drug-likeness (QED) is 0.723. The van der Waals surface area contributed by atoms with Gasteiger partial charge < -0.3 is 15.2 Å². The lowest BCUT2D eigenvalue weighted by Gasteiger charge is -2.13. The third kappa shape index (κ3) is 3.19. The van der Waals surface area contributed by atoms with E-state index >= 15 is 0 Å². The second-order valence-corrected chi connectivity index (χ2v) is 4.07. The fourth-order valence-electron chi connectivity index (χ4n) is 1.69. The average molecular weight is 263 g/mol. The van der Waals surface area contributed by atoms with Gasteiger partial charge in [0.25, 0.3) is 0 Å². The van der Waals surface area contributed by atoms with Gasteiger partial charge in [0.05, 0.1) is 12.6 Å². The lowest BCUT2D eigenvalue weighted by Crippen LogP contribution is -2.19. The summed E-state index contributed by atoms with van der Waals surface area (Å²) in [5.74, 6) is 1.24. The zero-order valence-corrected chi connectivity index (χ0v) is 10.9. The molecule has 3 N–H and O–H groups in total. The molecule has 2 aromatic rings. The van der Waals surface area contributed by atoms with Crippen LogP contribution in [0.4, 0.5) is 0 Å². The molecule has 0 bridgehead atoms. The van der Waals surface area contributed by atoms with E-state index in [0.717, 1.165) is 5.56 Å². The van der Waals surface area contributed by atoms with E-state index in [4.69, 9.17) is 4.74 Å². The number of hydrogen-bond acceptors (Lipinski definition) is 6. The van der Waals surface area contributed by atoms with E-state index in [9.17, 15) is 5.11 Å². The number of H-pyrrole nitrogens is 1. The summed E-state index contributed by atoms with van der Waals surface area (Å²) in [6, 6.07) is 5.37. The first-order chi connectivity index (χ1) is 9.22. The maximum Gasteiger partial charge on any atom is 0.191 e. The Morgan fingerprint density at radius 2 is 2.32 bits per heavy atom. The van der Waals surface area contributed by atoms with E-state index in [2.05, 4.69) is 25.9 Å². The predicted octanol–water partition coefficient (Wildman–Crippen LogP) is 1.15. The van der Waals surface area contributed by atoms with Gasteiger partial charge in [-0.1, -0.05) is 17.3 Å². The summed E-state index contributed by atoms with van der Waals surface area (Å²) in [6.07, 6.45) is 0. The van der Waals surface area contributed by atoms with E-state index < -0.39 is 0 Å². The van der Waals surface area contributed by atoms with Crippen molar-refractivity contribution >= 4 is 0 Å². The molecule has 102 valence electrons. The second-order valence-electron chi connectivity index (χ2n) is 4.07. The molecule has 1 aromatic heterocycles. The zero-order valence-electron chi connectivity index (χ0n) is 10.9. The molecule has 0 fully saturated rings. The van der Waals surface area contributed by atoms with Crippen molar-refractivity contribution in [2.45, 2.75) is 26.4 Å². The van der Waals surface area contributed by atoms with Crippen LogP contribution in [0.15, 0.2) is 18.2 Å². The molecule has 1 atom stereocenters. The maximum atomic E-state index is 10.0. The molecule has 2 rings (SSSR count). The van der Waals surface area contributed by atoms with Crippen LogP contribution in [0.25, 0.3) is 0 Å². The summed E-state index contributed by atoms with van der Waals surface area (Å²) in [7, 11) is 0. The number of nitrogens with zero attached hydrogens (tertiary/aromatic N) is 3. The van der Waals surface area contributed by atoms with Crippen molar-refractivity contribution < 1.29 is 9.84 Å². The molecule has 7 heteroatoms. The number of phenols is 1. The fraction of sp³-hybridized carbons (Fsp3) is 0.417. The van der Waals surface area contributed by atoms with Crippen molar-refractivity contribution in [3.63, 3.8) is 0 Å². The summed E-state index contributed by atoms with van der Waals surface area (Å²) in [6.45, 7) is 4.81. The minimum atomic E-state index is -0.0612. The van der Waals surface area contributed by atoms with E-state index in [1.165, 1.54) is 0 Å². The Morgan fingerprint density at radius 3 is 3.00 bits per heavy atom. The Hall–Kier alpha value is -2.15. The largest absolute Gasteiger partial charge is 0.504 e. The molecule has 0 amide bonds. The highest BCUT2D eigenvalue weighted by atomic mass is 16.5. The van der Waals surface area contributed by atoms with E-state index in [-0.39, 0.29) is 11.8 Å². The summed E-state index contributed by atoms with van der Waals surface area (Å²) in [5, 5.41) is 27.0. The number of aromatic nitrogens is 4. The highest BCUT2D eigenvalue weighted by Gasteiger charge is 2.12. The van der Waals surface area contributed by atoms with Gasteiger partial charge in [0.2, 0.25) is 0 Å². The van der Waals surface area contributed by atoms with Crippen LogP contribution in [0.5, 0.6) is 11.5 Å². The van der Waals surface area contributed by atoms with Gasteiger partial charge in [-0.2, -0.15) is 5.21 Å². The van der Waals surface area contributed by atoms with Gasteiger partial charge in [0.15, 0.2) is 17.3 Å². The van der Waals surface area contributed by atoms with Gasteiger partial charge in [-0.3, -0.25) is 0 Å². The Labute approximate surface area is 111 Å². The molecule has 1 aromatic carbocycles. The van der Waals surface area contributed by atoms with E-state index in [1.807, 2.05) is 26.0 Å². The first-order valence-corrected chi connectivity index (χ1v) is 6.12. The molecule has 1 heterocycles. The van der Waals surface area contributed by atoms with Crippen molar-refractivity contribution in [1.82, 2.24) is 25.9 Å². The molecule has 0 saturated heterocycles. The molecule has 0 aliphatic carbocycles. The molecular weight excluding hydrogens is 246 g/mol. The standard InChI is InChI=1S/C12H17N5O2/c1-3-19-10-6-4-5-9(11(10)18)7-13-8(2)12-14-16-17-15-12/h4-6,8,13,18H,3,7H2,1-2H3,(H,14,15,16,17). The number of rotatable bonds is 6. The van der Waals surface area contributed by atoms with Crippen molar-refractivity contribution in [3.8, 4) is 11.5 Å². The highest BCUT2D eigenvalue weighted by Crippen LogP contribution is 2.29. The summed E-state index contributed by atoms with van der Waals surface area (Å²) >= 11 is 0. The first-order valence-electron chi connectivity index (χ1n) is 6.12. The highest BCUT2D eigenvalue weighted by molar-refractivity contribution is 5.45. The Morgan fingerprint density at radius 1 is 1.47 bits per heavy atom. The number of ether oxygens (including phenoxy) is 1. The molecule has 1 unspecified atom stereocenters. The first kappa shape index (κ1) is 13.3. The normalized spacial score (nSPS) is 12.3. The topological polar surface area (TPSA) is 96.0 Å². The molecule has 0 spiro atoms. The Balaban J connectivity index is 2.01. The number of benzene rings is 1. The van der Waals surface area contributed by atoms with Crippen LogP contribution in [-0.4, -0.2) is 32.3 Å². The molecule has 19 heavy (non-hydrogen) atoms. The predicted molar refractivity (Wildman–Crippen MR) is 68.7 cm³/mol. The lowest BCUT2D eigenvalue weighted by atomic mass is 10.1. The third-order valence-electron chi connectivity index (χ3n) is 2.73. The summed E-state index contributed by atoms with van der Waals surface area (Å²) < 4.78 is 5.34. The Kier molecular flexibility index (Phi) is 4.30. The number of tetrazole rings is 1. The summed E-state index contributed by atoms with van der Waals surface area (Å²) in [5.41, 5.74) is 0.765. The second kappa shape index (κ2) is 6.14. The Bertz CT molecular complexity index is 515. The molecule has 0 radical (unpaired) electrons. The van der Waals surface area contributed by atoms with Crippen LogP contribution >= 0.6 is 0 Å².